The van der Waals surface area contributed by atoms with Crippen molar-refractivity contribution >= 4 is 52.9 Å². The molecule has 1 saturated carbocycles. The molecule has 0 bridgehead atoms. The quantitative estimate of drug-likeness (QED) is 0.187. The van der Waals surface area contributed by atoms with Gasteiger partial charge in [-0.1, -0.05) is 19.3 Å². The van der Waals surface area contributed by atoms with E-state index in [4.69, 9.17) is 10.2 Å². The second-order valence-electron chi connectivity index (χ2n) is 12.5. The summed E-state index contributed by atoms with van der Waals surface area (Å²) in [4.78, 5) is 41.6. The lowest BCUT2D eigenvalue weighted by Crippen LogP contribution is -2.44. The van der Waals surface area contributed by atoms with Gasteiger partial charge < -0.3 is 25.8 Å². The number of nitrogens with zero attached hydrogens (tertiary/aromatic N) is 6. The number of carbonyl (C=O) groups excluding carboxylic acids is 2. The van der Waals surface area contributed by atoms with Crippen LogP contribution in [0.2, 0.25) is 0 Å². The topological polar surface area (TPSA) is 130 Å². The van der Waals surface area contributed by atoms with Crippen LogP contribution in [-0.2, 0) is 4.79 Å². The first-order valence-corrected chi connectivity index (χ1v) is 17.3. The van der Waals surface area contributed by atoms with Gasteiger partial charge in [0.2, 0.25) is 11.9 Å². The number of fused-ring (bicyclic) bond motifs is 1. The van der Waals surface area contributed by atoms with Crippen LogP contribution in [0.3, 0.4) is 0 Å². The highest BCUT2D eigenvalue weighted by Gasteiger charge is 2.42. The summed E-state index contributed by atoms with van der Waals surface area (Å²) in [5, 5.41) is 19.1. The second kappa shape index (κ2) is 14.5. The second-order valence-corrected chi connectivity index (χ2v) is 13.7. The average molecular weight is 630 g/mol. The van der Waals surface area contributed by atoms with Gasteiger partial charge in [-0.15, -0.1) is 0 Å². The molecule has 1 aliphatic carbocycles. The summed E-state index contributed by atoms with van der Waals surface area (Å²) >= 11 is 1.90. The van der Waals surface area contributed by atoms with Crippen LogP contribution < -0.4 is 25.8 Å². The number of allylic oxidation sites excluding steroid dienone is 1. The number of hydrogen-bond acceptors (Lipinski definition) is 9. The molecule has 12 heteroatoms. The van der Waals surface area contributed by atoms with E-state index in [0.717, 1.165) is 81.0 Å². The van der Waals surface area contributed by atoms with E-state index < -0.39 is 0 Å². The molecule has 3 atom stereocenters. The highest BCUT2D eigenvalue weighted by molar-refractivity contribution is 8.00. The first-order valence-electron chi connectivity index (χ1n) is 16.2. The van der Waals surface area contributed by atoms with Crippen LogP contribution in [0.25, 0.3) is 6.08 Å². The summed E-state index contributed by atoms with van der Waals surface area (Å²) in [5.74, 6) is 1.85. The number of carbonyl (C=O) groups is 2. The maximum absolute atomic E-state index is 14.0. The summed E-state index contributed by atoms with van der Waals surface area (Å²) in [7, 11) is 2.15. The molecular weight excluding hydrogens is 586 g/mol. The SMILES string of the molecule is CN1CCN(c2ccc(N(C(=O)CCCCC3SCC4NC(=O)NC43)c3ncc(C=CC#N)c(NC4CCCC4)n3)cc2)CC1. The van der Waals surface area contributed by atoms with Crippen LogP contribution in [0, 0.1) is 11.3 Å². The molecule has 3 aliphatic heterocycles. The van der Waals surface area contributed by atoms with Crippen molar-refractivity contribution in [3.05, 3.63) is 42.1 Å². The molecule has 0 radical (unpaired) electrons. The van der Waals surface area contributed by atoms with Gasteiger partial charge in [0.05, 0.1) is 23.8 Å². The molecule has 4 fully saturated rings. The Hall–Kier alpha value is -3.82. The number of nitrogens with one attached hydrogen (secondary N) is 3. The smallest absolute Gasteiger partial charge is 0.315 e. The zero-order valence-corrected chi connectivity index (χ0v) is 26.8. The van der Waals surface area contributed by atoms with Gasteiger partial charge in [-0.3, -0.25) is 4.79 Å². The van der Waals surface area contributed by atoms with E-state index in [-0.39, 0.29) is 24.0 Å². The van der Waals surface area contributed by atoms with Crippen LogP contribution in [0.15, 0.2) is 36.5 Å². The van der Waals surface area contributed by atoms with Crippen LogP contribution in [-0.4, -0.2) is 89.2 Å². The summed E-state index contributed by atoms with van der Waals surface area (Å²) < 4.78 is 0. The van der Waals surface area contributed by atoms with E-state index in [2.05, 4.69) is 56.0 Å². The predicted octanol–water partition coefficient (Wildman–Crippen LogP) is 4.51. The Bertz CT molecular complexity index is 1410. The monoisotopic (exact) mass is 629 g/mol. The predicted molar refractivity (Wildman–Crippen MR) is 180 cm³/mol. The van der Waals surface area contributed by atoms with Gasteiger partial charge in [-0.25, -0.2) is 14.7 Å². The number of urea groups is 1. The third-order valence-electron chi connectivity index (χ3n) is 9.33. The number of likely N-dealkylation sites (N-methyl/N-ethyl adjacent to an activating group) is 1. The van der Waals surface area contributed by atoms with Gasteiger partial charge in [0.15, 0.2) is 0 Å². The molecule has 45 heavy (non-hydrogen) atoms. The van der Waals surface area contributed by atoms with Gasteiger partial charge in [0.1, 0.15) is 5.82 Å². The van der Waals surface area contributed by atoms with Gasteiger partial charge in [0, 0.05) is 73.2 Å². The molecule has 3 amide bonds. The van der Waals surface area contributed by atoms with Crippen molar-refractivity contribution in [3.63, 3.8) is 0 Å². The third-order valence-corrected chi connectivity index (χ3v) is 10.8. The molecule has 2 aromatic rings. The van der Waals surface area contributed by atoms with Crippen molar-refractivity contribution in [1.29, 1.82) is 5.26 Å². The molecule has 4 aliphatic rings. The Balaban J connectivity index is 1.20. The fraction of sp³-hybridized carbons (Fsp3) is 0.545. The number of amides is 3. The van der Waals surface area contributed by atoms with Crippen molar-refractivity contribution in [1.82, 2.24) is 25.5 Å². The standard InChI is InChI=1S/C33H43N9O2S/c1-40-17-19-41(20-18-40)25-12-14-26(15-13-25)42(29(43)11-5-4-10-28-30-27(22-45-28)37-33(44)38-30)32-35-21-23(7-6-16-34)31(39-32)36-24-8-2-3-9-24/h6-7,12-15,21,24,27-28,30H,2-5,8-11,17-20,22H2,1H3,(H,35,36,39)(H2,37,38,44). The van der Waals surface area contributed by atoms with Crippen LogP contribution >= 0.6 is 11.8 Å². The first-order chi connectivity index (χ1) is 22.0. The van der Waals surface area contributed by atoms with E-state index in [1.807, 2.05) is 23.9 Å². The highest BCUT2D eigenvalue weighted by Crippen LogP contribution is 2.34. The summed E-state index contributed by atoms with van der Waals surface area (Å²) in [5.41, 5.74) is 2.60. The molecule has 3 unspecified atom stereocenters. The number of anilines is 4. The van der Waals surface area contributed by atoms with Crippen molar-refractivity contribution in [3.8, 4) is 6.07 Å². The Labute approximate surface area is 269 Å². The molecule has 238 valence electrons. The van der Waals surface area contributed by atoms with E-state index in [1.54, 1.807) is 17.2 Å². The summed E-state index contributed by atoms with van der Waals surface area (Å²) in [6, 6.07) is 10.8. The van der Waals surface area contributed by atoms with Gasteiger partial charge in [-0.2, -0.15) is 22.0 Å². The van der Waals surface area contributed by atoms with E-state index in [9.17, 15) is 9.59 Å². The molecule has 6 rings (SSSR count). The highest BCUT2D eigenvalue weighted by atomic mass is 32.2. The minimum atomic E-state index is -0.0734. The lowest BCUT2D eigenvalue weighted by atomic mass is 10.0. The number of nitriles is 1. The van der Waals surface area contributed by atoms with Gasteiger partial charge in [-0.05, 0) is 63.1 Å². The van der Waals surface area contributed by atoms with Crippen LogP contribution in [0.1, 0.15) is 56.9 Å². The Morgan fingerprint density at radius 1 is 1.16 bits per heavy atom. The fourth-order valence-electron chi connectivity index (χ4n) is 6.74. The third kappa shape index (κ3) is 7.53. The van der Waals surface area contributed by atoms with Crippen molar-refractivity contribution < 1.29 is 9.59 Å². The Morgan fingerprint density at radius 3 is 2.69 bits per heavy atom. The maximum Gasteiger partial charge on any atom is 0.315 e. The lowest BCUT2D eigenvalue weighted by molar-refractivity contribution is -0.118. The summed E-state index contributed by atoms with van der Waals surface area (Å²) in [6.45, 7) is 3.98. The number of benzene rings is 1. The Morgan fingerprint density at radius 2 is 1.93 bits per heavy atom. The number of thioether (sulfide) groups is 1. The van der Waals surface area contributed by atoms with E-state index in [0.29, 0.717) is 29.5 Å². The molecular formula is C33H43N9O2S. The maximum atomic E-state index is 14.0. The van der Waals surface area contributed by atoms with Gasteiger partial charge >= 0.3 is 6.03 Å². The minimum Gasteiger partial charge on any atom is -0.369 e. The molecule has 3 N–H and O–H groups in total. The molecule has 0 spiro atoms. The lowest BCUT2D eigenvalue weighted by Gasteiger charge is -2.34. The number of rotatable bonds is 11. The normalized spacial score (nSPS) is 23.5. The van der Waals surface area contributed by atoms with Crippen LogP contribution in [0.5, 0.6) is 0 Å². The molecule has 11 nitrogen and oxygen atoms in total. The van der Waals surface area contributed by atoms with Crippen molar-refractivity contribution in [2.24, 2.45) is 0 Å². The van der Waals surface area contributed by atoms with Crippen molar-refractivity contribution in [2.45, 2.75) is 74.7 Å². The van der Waals surface area contributed by atoms with E-state index >= 15 is 0 Å². The number of hydrogen-bond donors (Lipinski definition) is 3. The molecule has 1 aromatic heterocycles. The molecule has 1 aromatic carbocycles. The first kappa shape index (κ1) is 31.2. The molecule has 3 saturated heterocycles. The van der Waals surface area contributed by atoms with Crippen molar-refractivity contribution in [2.75, 3.05) is 54.1 Å². The molecule has 4 heterocycles. The number of unbranched alkanes of at least 4 members (excludes halogenated alkanes) is 1. The summed E-state index contributed by atoms with van der Waals surface area (Å²) in [6.07, 6.45) is 12.3. The number of piperazine rings is 1. The minimum absolute atomic E-state index is 0.0535. The fourth-order valence-corrected chi connectivity index (χ4v) is 8.29. The van der Waals surface area contributed by atoms with E-state index in [1.165, 1.54) is 18.9 Å². The largest absolute Gasteiger partial charge is 0.369 e. The van der Waals surface area contributed by atoms with Gasteiger partial charge in [0.25, 0.3) is 0 Å². The Kier molecular flexibility index (Phi) is 10.1. The van der Waals surface area contributed by atoms with Crippen LogP contribution in [0.4, 0.5) is 27.9 Å². The average Bonchev–Trinajstić information content (AvgIpc) is 3.78. The zero-order valence-electron chi connectivity index (χ0n) is 26.0. The zero-order chi connectivity index (χ0) is 31.2. The number of aromatic nitrogens is 2.